The number of amides is 2. The van der Waals surface area contributed by atoms with Gasteiger partial charge in [0.1, 0.15) is 0 Å². The molecule has 0 aliphatic carbocycles. The fourth-order valence-electron chi connectivity index (χ4n) is 0. The van der Waals surface area contributed by atoms with Crippen molar-refractivity contribution in [2.75, 3.05) is 0 Å². The van der Waals surface area contributed by atoms with Gasteiger partial charge in [-0.3, -0.25) is 0 Å². The molecular formula is CH4Cl4N2OZr. The molecule has 0 rings (SSSR count). The van der Waals surface area contributed by atoms with Gasteiger partial charge in [0.2, 0.25) is 0 Å². The van der Waals surface area contributed by atoms with Crippen LogP contribution in [0.25, 0.3) is 0 Å². The maximum absolute atomic E-state index is 9.00. The number of carbonyl (C=O) groups excluding carboxylic acids is 1. The molecule has 0 atom stereocenters. The molecular weight excluding hydrogens is 289 g/mol. The van der Waals surface area contributed by atoms with Gasteiger partial charge in [0, 0.05) is 0 Å². The topological polar surface area (TPSA) is 69.1 Å². The van der Waals surface area contributed by atoms with Gasteiger partial charge in [-0.25, -0.2) is 4.79 Å². The summed E-state index contributed by atoms with van der Waals surface area (Å²) in [6.07, 6.45) is 0. The van der Waals surface area contributed by atoms with E-state index in [2.05, 4.69) is 11.5 Å². The van der Waals surface area contributed by atoms with Crippen molar-refractivity contribution in [3.8, 4) is 0 Å². The van der Waals surface area contributed by atoms with Gasteiger partial charge >= 0.3 is 32.2 Å². The minimum atomic E-state index is -0.833. The van der Waals surface area contributed by atoms with E-state index in [4.69, 9.17) is 4.79 Å². The predicted molar refractivity (Wildman–Crippen MR) is 13.8 cm³/mol. The number of carbonyl (C=O) groups is 1. The number of rotatable bonds is 0. The Morgan fingerprint density at radius 1 is 0.889 bits per heavy atom. The van der Waals surface area contributed by atoms with Crippen LogP contribution in [-0.2, 0) is 26.2 Å². The summed E-state index contributed by atoms with van der Waals surface area (Å²) in [5.41, 5.74) is 8.50. The third kappa shape index (κ3) is 289. The number of hydrogen-bond donors (Lipinski definition) is 2. The van der Waals surface area contributed by atoms with Gasteiger partial charge in [-0.15, -0.1) is 0 Å². The largest absolute Gasteiger partial charge is 4.00 e. The molecule has 0 aromatic rings. The van der Waals surface area contributed by atoms with Gasteiger partial charge in [-0.2, -0.15) is 0 Å². The average molecular weight is 293 g/mol. The SMILES string of the molecule is NC(N)=O.[Cl-].[Cl-].[Cl-].[Cl-].[Zr+4]. The minimum absolute atomic E-state index is 0. The molecule has 0 aromatic carbocycles. The van der Waals surface area contributed by atoms with E-state index in [1.807, 2.05) is 0 Å². The van der Waals surface area contributed by atoms with E-state index in [0.717, 1.165) is 0 Å². The van der Waals surface area contributed by atoms with Gasteiger partial charge in [0.15, 0.2) is 0 Å². The summed E-state index contributed by atoms with van der Waals surface area (Å²) in [4.78, 5) is 9.00. The molecule has 2 amide bonds. The second kappa shape index (κ2) is 34.6. The van der Waals surface area contributed by atoms with E-state index < -0.39 is 6.03 Å². The number of halogens is 4. The molecule has 0 radical (unpaired) electrons. The van der Waals surface area contributed by atoms with Crippen LogP contribution in [0.15, 0.2) is 0 Å². The molecule has 0 spiro atoms. The zero-order valence-electron chi connectivity index (χ0n) is 4.07. The van der Waals surface area contributed by atoms with E-state index in [-0.39, 0.29) is 75.8 Å². The molecule has 0 aliphatic heterocycles. The first-order chi connectivity index (χ1) is 1.73. The molecule has 0 saturated heterocycles. The van der Waals surface area contributed by atoms with Crippen LogP contribution >= 0.6 is 0 Å². The Hall–Kier alpha value is 1.31. The molecule has 56 valence electrons. The molecule has 0 fully saturated rings. The first kappa shape index (κ1) is 48.1. The van der Waals surface area contributed by atoms with Crippen LogP contribution in [0.2, 0.25) is 0 Å². The molecule has 0 aromatic heterocycles. The Bertz CT molecular complexity index is 41.5. The molecule has 4 N–H and O–H groups in total. The fourth-order valence-corrected chi connectivity index (χ4v) is 0. The monoisotopic (exact) mass is 290 g/mol. The molecule has 0 saturated carbocycles. The van der Waals surface area contributed by atoms with Crippen LogP contribution in [0, 0.1) is 0 Å². The van der Waals surface area contributed by atoms with Crippen LogP contribution < -0.4 is 61.1 Å². The Labute approximate surface area is 97.4 Å². The quantitative estimate of drug-likeness (QED) is 0.457. The van der Waals surface area contributed by atoms with E-state index in [1.54, 1.807) is 0 Å². The zero-order chi connectivity index (χ0) is 3.58. The van der Waals surface area contributed by atoms with E-state index >= 15 is 0 Å². The number of nitrogens with two attached hydrogens (primary N) is 2. The van der Waals surface area contributed by atoms with E-state index in [9.17, 15) is 0 Å². The second-order valence-electron chi connectivity index (χ2n) is 0.402. The van der Waals surface area contributed by atoms with Crippen molar-refractivity contribution in [1.82, 2.24) is 0 Å². The maximum Gasteiger partial charge on any atom is 4.00 e. The van der Waals surface area contributed by atoms with Crippen LogP contribution in [0.3, 0.4) is 0 Å². The summed E-state index contributed by atoms with van der Waals surface area (Å²) in [7, 11) is 0. The molecule has 3 nitrogen and oxygen atoms in total. The maximum atomic E-state index is 9.00. The first-order valence-electron chi connectivity index (χ1n) is 0.781. The molecule has 0 unspecified atom stereocenters. The zero-order valence-corrected chi connectivity index (χ0v) is 9.56. The normalized spacial score (nSPS) is 2.67. The van der Waals surface area contributed by atoms with Gasteiger partial charge in [0.05, 0.1) is 0 Å². The average Bonchev–Trinajstić information content (AvgIpc) is 0.811. The van der Waals surface area contributed by atoms with Gasteiger partial charge < -0.3 is 61.1 Å². The van der Waals surface area contributed by atoms with E-state index in [0.29, 0.717) is 0 Å². The number of urea groups is 1. The summed E-state index contributed by atoms with van der Waals surface area (Å²) in [6.45, 7) is 0. The number of primary amides is 2. The van der Waals surface area contributed by atoms with Crippen LogP contribution in [0.4, 0.5) is 4.79 Å². The molecule has 8 heteroatoms. The van der Waals surface area contributed by atoms with Crippen LogP contribution in [0.1, 0.15) is 0 Å². The second-order valence-corrected chi connectivity index (χ2v) is 0.402. The third-order valence-corrected chi connectivity index (χ3v) is 0. The molecule has 0 heterocycles. The smallest absolute Gasteiger partial charge is 1.00 e. The van der Waals surface area contributed by atoms with Crippen molar-refractivity contribution < 1.29 is 80.6 Å². The Morgan fingerprint density at radius 2 is 0.889 bits per heavy atom. The van der Waals surface area contributed by atoms with Crippen molar-refractivity contribution in [3.05, 3.63) is 0 Å². The summed E-state index contributed by atoms with van der Waals surface area (Å²) in [6, 6.07) is -0.833. The molecule has 9 heavy (non-hydrogen) atoms. The Kier molecular flexibility index (Phi) is 185. The van der Waals surface area contributed by atoms with Gasteiger partial charge in [0.25, 0.3) is 0 Å². The summed E-state index contributed by atoms with van der Waals surface area (Å²) in [5, 5.41) is 0. The van der Waals surface area contributed by atoms with Crippen molar-refractivity contribution in [1.29, 1.82) is 0 Å². The van der Waals surface area contributed by atoms with Gasteiger partial charge in [-0.1, -0.05) is 0 Å². The standard InChI is InChI=1S/CH4N2O.4ClH.Zr/c2-1(3)4;;;;;/h(H4,2,3,4);4*1H;/q;;;;;+4/p-4. The summed E-state index contributed by atoms with van der Waals surface area (Å²) < 4.78 is 0. The Balaban J connectivity index is -0.00000000450. The third-order valence-electron chi connectivity index (χ3n) is 0. The van der Waals surface area contributed by atoms with Crippen molar-refractivity contribution >= 4 is 6.03 Å². The summed E-state index contributed by atoms with van der Waals surface area (Å²) >= 11 is 0. The molecule has 0 bridgehead atoms. The first-order valence-corrected chi connectivity index (χ1v) is 0.781. The number of hydrogen-bond acceptors (Lipinski definition) is 1. The molecule has 0 aliphatic rings. The van der Waals surface area contributed by atoms with E-state index in [1.165, 1.54) is 0 Å². The summed E-state index contributed by atoms with van der Waals surface area (Å²) in [5.74, 6) is 0. The Morgan fingerprint density at radius 3 is 0.889 bits per heavy atom. The van der Waals surface area contributed by atoms with Crippen molar-refractivity contribution in [2.24, 2.45) is 11.5 Å². The van der Waals surface area contributed by atoms with Crippen LogP contribution in [-0.4, -0.2) is 6.03 Å². The minimum Gasteiger partial charge on any atom is -1.00 e. The van der Waals surface area contributed by atoms with Crippen molar-refractivity contribution in [2.45, 2.75) is 0 Å². The predicted octanol–water partition coefficient (Wildman–Crippen LogP) is -13.0. The van der Waals surface area contributed by atoms with Crippen LogP contribution in [0.5, 0.6) is 0 Å². The van der Waals surface area contributed by atoms with Crippen molar-refractivity contribution in [3.63, 3.8) is 0 Å². The van der Waals surface area contributed by atoms with Gasteiger partial charge in [-0.05, 0) is 0 Å². The fraction of sp³-hybridized carbons (Fsp3) is 0.